The Morgan fingerprint density at radius 3 is 2.44 bits per heavy atom. The normalized spacial score (nSPS) is 20.2. The largest absolute Gasteiger partial charge is 0.376 e. The van der Waals surface area contributed by atoms with Gasteiger partial charge in [-0.1, -0.05) is 6.07 Å². The molecule has 0 bridgehead atoms. The van der Waals surface area contributed by atoms with Gasteiger partial charge in [0.05, 0.1) is 11.6 Å². The van der Waals surface area contributed by atoms with Crippen molar-refractivity contribution in [2.24, 2.45) is 5.73 Å². The molecule has 1 aromatic carbocycles. The highest BCUT2D eigenvalue weighted by Crippen LogP contribution is 2.43. The van der Waals surface area contributed by atoms with E-state index in [1.807, 2.05) is 0 Å². The van der Waals surface area contributed by atoms with E-state index in [0.717, 1.165) is 31.4 Å². The molecule has 0 aliphatic heterocycles. The van der Waals surface area contributed by atoms with Crippen molar-refractivity contribution in [2.75, 3.05) is 7.11 Å². The summed E-state index contributed by atoms with van der Waals surface area (Å²) in [5.74, 6) is -1.71. The lowest BCUT2D eigenvalue weighted by atomic mass is 9.72. The van der Waals surface area contributed by atoms with Crippen LogP contribution in [-0.2, 0) is 4.74 Å². The number of benzene rings is 1. The van der Waals surface area contributed by atoms with Crippen LogP contribution in [0, 0.1) is 11.6 Å². The van der Waals surface area contributed by atoms with Crippen LogP contribution in [0.2, 0.25) is 0 Å². The molecule has 16 heavy (non-hydrogen) atoms. The Kier molecular flexibility index (Phi) is 2.95. The zero-order chi connectivity index (χ0) is 11.8. The summed E-state index contributed by atoms with van der Waals surface area (Å²) in [4.78, 5) is 0. The zero-order valence-electron chi connectivity index (χ0n) is 9.17. The molecule has 2 N–H and O–H groups in total. The number of rotatable bonds is 3. The molecule has 2 rings (SSSR count). The van der Waals surface area contributed by atoms with Gasteiger partial charge in [0, 0.05) is 7.11 Å². The zero-order valence-corrected chi connectivity index (χ0v) is 9.17. The topological polar surface area (TPSA) is 35.2 Å². The first-order valence-corrected chi connectivity index (χ1v) is 5.35. The highest BCUT2D eigenvalue weighted by Gasteiger charge is 2.43. The molecule has 88 valence electrons. The molecule has 0 heterocycles. The minimum atomic E-state index is -0.862. The number of hydrogen-bond donors (Lipinski definition) is 1. The van der Waals surface area contributed by atoms with E-state index in [2.05, 4.69) is 0 Å². The van der Waals surface area contributed by atoms with E-state index < -0.39 is 23.3 Å². The Hall–Kier alpha value is -1.00. The van der Waals surface area contributed by atoms with Gasteiger partial charge in [-0.2, -0.15) is 0 Å². The lowest BCUT2D eigenvalue weighted by Gasteiger charge is -2.45. The number of methoxy groups -OCH3 is 1. The molecule has 1 fully saturated rings. The van der Waals surface area contributed by atoms with Gasteiger partial charge >= 0.3 is 0 Å². The number of halogens is 2. The van der Waals surface area contributed by atoms with E-state index in [1.165, 1.54) is 6.07 Å². The van der Waals surface area contributed by atoms with Crippen molar-refractivity contribution in [3.63, 3.8) is 0 Å². The molecule has 0 spiro atoms. The maximum atomic E-state index is 13.1. The van der Waals surface area contributed by atoms with Crippen molar-refractivity contribution in [2.45, 2.75) is 30.9 Å². The summed E-state index contributed by atoms with van der Waals surface area (Å²) in [5, 5.41) is 0. The van der Waals surface area contributed by atoms with Crippen LogP contribution in [0.15, 0.2) is 18.2 Å². The van der Waals surface area contributed by atoms with E-state index in [4.69, 9.17) is 10.5 Å². The first-order chi connectivity index (χ1) is 7.59. The Morgan fingerprint density at radius 2 is 2.00 bits per heavy atom. The van der Waals surface area contributed by atoms with Crippen LogP contribution in [0.3, 0.4) is 0 Å². The summed E-state index contributed by atoms with van der Waals surface area (Å²) < 4.78 is 31.3. The minimum Gasteiger partial charge on any atom is -0.376 e. The summed E-state index contributed by atoms with van der Waals surface area (Å²) in [6.45, 7) is 0. The predicted octanol–water partition coefficient (Wildman–Crippen LogP) is 2.53. The van der Waals surface area contributed by atoms with E-state index in [1.54, 1.807) is 7.11 Å². The third-order valence-corrected chi connectivity index (χ3v) is 3.48. The van der Waals surface area contributed by atoms with Crippen LogP contribution in [0.25, 0.3) is 0 Å². The Labute approximate surface area is 93.4 Å². The second-order valence-electron chi connectivity index (χ2n) is 4.27. The van der Waals surface area contributed by atoms with Crippen molar-refractivity contribution >= 4 is 0 Å². The summed E-state index contributed by atoms with van der Waals surface area (Å²) in [6.07, 6.45) is 2.79. The van der Waals surface area contributed by atoms with Crippen molar-refractivity contribution < 1.29 is 13.5 Å². The molecule has 1 unspecified atom stereocenters. The fourth-order valence-electron chi connectivity index (χ4n) is 2.18. The fourth-order valence-corrected chi connectivity index (χ4v) is 2.18. The second kappa shape index (κ2) is 4.11. The van der Waals surface area contributed by atoms with Gasteiger partial charge < -0.3 is 10.5 Å². The van der Waals surface area contributed by atoms with Gasteiger partial charge in [-0.15, -0.1) is 0 Å². The van der Waals surface area contributed by atoms with Crippen molar-refractivity contribution in [3.05, 3.63) is 35.4 Å². The maximum absolute atomic E-state index is 13.1. The van der Waals surface area contributed by atoms with E-state index in [-0.39, 0.29) is 0 Å². The van der Waals surface area contributed by atoms with Gasteiger partial charge in [-0.25, -0.2) is 8.78 Å². The number of nitrogens with two attached hydrogens (primary N) is 1. The molecule has 1 aliphatic rings. The smallest absolute Gasteiger partial charge is 0.159 e. The molecule has 0 radical (unpaired) electrons. The monoisotopic (exact) mass is 227 g/mol. The van der Waals surface area contributed by atoms with Gasteiger partial charge in [0.25, 0.3) is 0 Å². The Morgan fingerprint density at radius 1 is 1.31 bits per heavy atom. The summed E-state index contributed by atoms with van der Waals surface area (Å²) >= 11 is 0. The second-order valence-corrected chi connectivity index (χ2v) is 4.27. The third-order valence-electron chi connectivity index (χ3n) is 3.48. The van der Waals surface area contributed by atoms with Gasteiger partial charge in [-0.3, -0.25) is 0 Å². The van der Waals surface area contributed by atoms with Gasteiger partial charge in [0.1, 0.15) is 0 Å². The highest BCUT2D eigenvalue weighted by molar-refractivity contribution is 5.25. The van der Waals surface area contributed by atoms with Gasteiger partial charge in [-0.05, 0) is 37.0 Å². The SMILES string of the molecule is COC1(C(N)c2ccc(F)c(F)c2)CCC1. The summed E-state index contributed by atoms with van der Waals surface area (Å²) in [5.41, 5.74) is 6.24. The van der Waals surface area contributed by atoms with Crippen LogP contribution in [0.4, 0.5) is 8.78 Å². The van der Waals surface area contributed by atoms with Gasteiger partial charge in [0.15, 0.2) is 11.6 Å². The molecule has 4 heteroatoms. The average Bonchev–Trinajstić information content (AvgIpc) is 2.21. The van der Waals surface area contributed by atoms with Crippen LogP contribution in [-0.4, -0.2) is 12.7 Å². The molecule has 1 saturated carbocycles. The van der Waals surface area contributed by atoms with Crippen LogP contribution >= 0.6 is 0 Å². The van der Waals surface area contributed by atoms with Crippen molar-refractivity contribution in [3.8, 4) is 0 Å². The first kappa shape index (κ1) is 11.5. The number of ether oxygens (including phenoxy) is 1. The van der Waals surface area contributed by atoms with Crippen LogP contribution in [0.1, 0.15) is 30.9 Å². The lowest BCUT2D eigenvalue weighted by Crippen LogP contribution is -2.48. The van der Waals surface area contributed by atoms with Gasteiger partial charge in [0.2, 0.25) is 0 Å². The van der Waals surface area contributed by atoms with Crippen LogP contribution in [0.5, 0.6) is 0 Å². The first-order valence-electron chi connectivity index (χ1n) is 5.35. The Bertz CT molecular complexity index is 385. The quantitative estimate of drug-likeness (QED) is 0.861. The molecule has 1 aliphatic carbocycles. The summed E-state index contributed by atoms with van der Waals surface area (Å²) in [6, 6.07) is 3.37. The molecule has 1 atom stereocenters. The van der Waals surface area contributed by atoms with Crippen molar-refractivity contribution in [1.82, 2.24) is 0 Å². The lowest BCUT2D eigenvalue weighted by molar-refractivity contribution is -0.0912. The molecule has 0 aromatic heterocycles. The Balaban J connectivity index is 2.26. The molecule has 1 aromatic rings. The molecular weight excluding hydrogens is 212 g/mol. The molecule has 2 nitrogen and oxygen atoms in total. The minimum absolute atomic E-state index is 0.399. The highest BCUT2D eigenvalue weighted by atomic mass is 19.2. The molecule has 0 saturated heterocycles. The average molecular weight is 227 g/mol. The predicted molar refractivity (Wildman–Crippen MR) is 56.9 cm³/mol. The fraction of sp³-hybridized carbons (Fsp3) is 0.500. The van der Waals surface area contributed by atoms with Crippen molar-refractivity contribution in [1.29, 1.82) is 0 Å². The third kappa shape index (κ3) is 1.72. The van der Waals surface area contributed by atoms with E-state index in [9.17, 15) is 8.78 Å². The number of hydrogen-bond acceptors (Lipinski definition) is 2. The van der Waals surface area contributed by atoms with E-state index >= 15 is 0 Å². The standard InChI is InChI=1S/C12H15F2NO/c1-16-12(5-2-6-12)11(15)8-3-4-9(13)10(14)7-8/h3-4,7,11H,2,5-6,15H2,1H3. The van der Waals surface area contributed by atoms with E-state index in [0.29, 0.717) is 5.56 Å². The maximum Gasteiger partial charge on any atom is 0.159 e. The summed E-state index contributed by atoms with van der Waals surface area (Å²) in [7, 11) is 1.61. The molecule has 0 amide bonds. The molecular formula is C12H15F2NO. The van der Waals surface area contributed by atoms with Crippen LogP contribution < -0.4 is 5.73 Å².